The van der Waals surface area contributed by atoms with E-state index >= 15 is 0 Å². The monoisotopic (exact) mass is 349 g/mol. The molecule has 1 aromatic rings. The van der Waals surface area contributed by atoms with Crippen LogP contribution in [0.15, 0.2) is 24.3 Å². The molecule has 0 saturated carbocycles. The van der Waals surface area contributed by atoms with Crippen LogP contribution >= 0.6 is 0 Å². The van der Waals surface area contributed by atoms with Gasteiger partial charge >= 0.3 is 0 Å². The van der Waals surface area contributed by atoms with E-state index in [1.54, 1.807) is 18.2 Å². The standard InChI is InChI=1S/C16H22NO2.Y/c1-2-3-4-5-6-10-16(19)17-12-14-8-7-9-15(11-14)13-18;/h7-9,11H,2-6,10,12H2,1H3,(H,17,19);/q-1;. The van der Waals surface area contributed by atoms with Gasteiger partial charge in [0.05, 0.1) is 6.29 Å². The van der Waals surface area contributed by atoms with Crippen molar-refractivity contribution in [3.05, 3.63) is 35.4 Å². The van der Waals surface area contributed by atoms with Crippen LogP contribution in [0.25, 0.3) is 0 Å². The Morgan fingerprint density at radius 2 is 1.95 bits per heavy atom. The third-order valence-electron chi connectivity index (χ3n) is 3.04. The number of nitrogens with one attached hydrogen (secondary N) is 1. The van der Waals surface area contributed by atoms with Crippen LogP contribution in [-0.4, -0.2) is 12.2 Å². The number of hydrogen-bond donors (Lipinski definition) is 1. The minimum atomic E-state index is 0. The normalized spacial score (nSPS) is 9.65. The van der Waals surface area contributed by atoms with Gasteiger partial charge in [-0.25, -0.2) is 0 Å². The van der Waals surface area contributed by atoms with Crippen molar-refractivity contribution in [2.45, 2.75) is 52.0 Å². The van der Waals surface area contributed by atoms with E-state index in [4.69, 9.17) is 0 Å². The van der Waals surface area contributed by atoms with Gasteiger partial charge < -0.3 is 10.1 Å². The molecule has 3 nitrogen and oxygen atoms in total. The largest absolute Gasteiger partial charge is 0.376 e. The van der Waals surface area contributed by atoms with E-state index in [2.05, 4.69) is 12.2 Å². The number of unbranched alkanes of at least 4 members (excludes halogenated alkanes) is 4. The fourth-order valence-electron chi connectivity index (χ4n) is 1.92. The van der Waals surface area contributed by atoms with E-state index < -0.39 is 0 Å². The molecule has 20 heavy (non-hydrogen) atoms. The summed E-state index contributed by atoms with van der Waals surface area (Å²) in [4.78, 5) is 22.1. The van der Waals surface area contributed by atoms with Crippen LogP contribution in [0.4, 0.5) is 0 Å². The summed E-state index contributed by atoms with van der Waals surface area (Å²) in [5.41, 5.74) is 1.45. The molecule has 0 aliphatic rings. The molecule has 1 N–H and O–H groups in total. The topological polar surface area (TPSA) is 46.2 Å². The van der Waals surface area contributed by atoms with Gasteiger partial charge in [0.25, 0.3) is 0 Å². The van der Waals surface area contributed by atoms with Crippen molar-refractivity contribution < 1.29 is 42.3 Å². The zero-order chi connectivity index (χ0) is 13.9. The molecule has 0 atom stereocenters. The van der Waals surface area contributed by atoms with Gasteiger partial charge in [0, 0.05) is 45.7 Å². The van der Waals surface area contributed by atoms with Crippen LogP contribution in [0.5, 0.6) is 0 Å². The predicted octanol–water partition coefficient (Wildman–Crippen LogP) is 3.12. The second kappa shape index (κ2) is 12.2. The SMILES string of the molecule is CCCCCCCC(=O)NCc1cccc([C-]=O)c1.[Y]. The van der Waals surface area contributed by atoms with Gasteiger partial charge in [0.15, 0.2) is 0 Å². The molecule has 0 bridgehead atoms. The maximum absolute atomic E-state index is 11.6. The summed E-state index contributed by atoms with van der Waals surface area (Å²) in [6.45, 7) is 2.65. The zero-order valence-electron chi connectivity index (χ0n) is 12.2. The predicted molar refractivity (Wildman–Crippen MR) is 76.5 cm³/mol. The summed E-state index contributed by atoms with van der Waals surface area (Å²) in [6, 6.07) is 7.13. The molecule has 0 saturated heterocycles. The van der Waals surface area contributed by atoms with Crippen LogP contribution in [-0.2, 0) is 48.8 Å². The van der Waals surface area contributed by atoms with Crippen molar-refractivity contribution in [1.82, 2.24) is 5.32 Å². The zero-order valence-corrected chi connectivity index (χ0v) is 15.0. The van der Waals surface area contributed by atoms with E-state index in [-0.39, 0.29) is 38.6 Å². The first-order valence-corrected chi connectivity index (χ1v) is 7.00. The fraction of sp³-hybridized carbons (Fsp3) is 0.500. The molecule has 0 aliphatic carbocycles. The summed E-state index contributed by atoms with van der Waals surface area (Å²) in [5, 5.41) is 2.87. The number of amides is 1. The first-order valence-electron chi connectivity index (χ1n) is 7.00. The summed E-state index contributed by atoms with van der Waals surface area (Å²) in [7, 11) is 0. The van der Waals surface area contributed by atoms with Crippen LogP contribution < -0.4 is 5.32 Å². The molecule has 0 unspecified atom stereocenters. The minimum absolute atomic E-state index is 0. The molecule has 0 aliphatic heterocycles. The molecule has 0 heterocycles. The van der Waals surface area contributed by atoms with Gasteiger partial charge in [0.2, 0.25) is 5.91 Å². The van der Waals surface area contributed by atoms with E-state index in [0.29, 0.717) is 18.5 Å². The Kier molecular flexibility index (Phi) is 11.9. The fourth-order valence-corrected chi connectivity index (χ4v) is 1.92. The molecule has 0 fully saturated rings. The average Bonchev–Trinajstić information content (AvgIpc) is 2.45. The Labute approximate surface area is 146 Å². The van der Waals surface area contributed by atoms with Gasteiger partial charge in [-0.05, 0) is 6.42 Å². The van der Waals surface area contributed by atoms with Crippen LogP contribution in [0.2, 0.25) is 0 Å². The van der Waals surface area contributed by atoms with Crippen molar-refractivity contribution in [3.63, 3.8) is 0 Å². The summed E-state index contributed by atoms with van der Waals surface area (Å²) < 4.78 is 0. The van der Waals surface area contributed by atoms with Crippen LogP contribution in [0.3, 0.4) is 0 Å². The molecule has 107 valence electrons. The number of rotatable bonds is 9. The quantitative estimate of drug-likeness (QED) is 0.550. The number of carbonyl (C=O) groups is 1. The third-order valence-corrected chi connectivity index (χ3v) is 3.04. The Bertz CT molecular complexity index is 407. The van der Waals surface area contributed by atoms with Crippen molar-refractivity contribution >= 4 is 12.2 Å². The number of benzene rings is 1. The summed E-state index contributed by atoms with van der Waals surface area (Å²) >= 11 is 0. The Hall–Kier alpha value is -0.536. The van der Waals surface area contributed by atoms with E-state index in [1.165, 1.54) is 19.3 Å². The van der Waals surface area contributed by atoms with Gasteiger partial charge in [-0.3, -0.25) is 4.79 Å². The Morgan fingerprint density at radius 1 is 1.20 bits per heavy atom. The van der Waals surface area contributed by atoms with Crippen molar-refractivity contribution in [2.24, 2.45) is 0 Å². The summed E-state index contributed by atoms with van der Waals surface area (Å²) in [6.07, 6.45) is 8.18. The average molecular weight is 349 g/mol. The molecule has 4 heteroatoms. The molecule has 1 aromatic carbocycles. The molecular weight excluding hydrogens is 327 g/mol. The number of carbonyl (C=O) groups excluding carboxylic acids is 2. The molecule has 0 spiro atoms. The number of hydrogen-bond acceptors (Lipinski definition) is 2. The summed E-state index contributed by atoms with van der Waals surface area (Å²) in [5.74, 6) is 0.0805. The van der Waals surface area contributed by atoms with E-state index in [0.717, 1.165) is 18.4 Å². The van der Waals surface area contributed by atoms with E-state index in [9.17, 15) is 9.59 Å². The maximum atomic E-state index is 11.6. The maximum Gasteiger partial charge on any atom is 0.220 e. The van der Waals surface area contributed by atoms with Crippen molar-refractivity contribution in [3.8, 4) is 0 Å². The van der Waals surface area contributed by atoms with E-state index in [1.807, 2.05) is 12.4 Å². The Balaban J connectivity index is 0.00000361. The smallest absolute Gasteiger partial charge is 0.220 e. The first kappa shape index (κ1) is 19.5. The molecule has 1 radical (unpaired) electrons. The molecule has 0 aromatic heterocycles. The van der Waals surface area contributed by atoms with Gasteiger partial charge in [0.1, 0.15) is 0 Å². The van der Waals surface area contributed by atoms with Gasteiger partial charge in [-0.2, -0.15) is 17.7 Å². The Morgan fingerprint density at radius 3 is 2.65 bits per heavy atom. The second-order valence-electron chi connectivity index (χ2n) is 4.74. The molecule has 1 rings (SSSR count). The van der Waals surface area contributed by atoms with Crippen LogP contribution in [0.1, 0.15) is 56.6 Å². The second-order valence-corrected chi connectivity index (χ2v) is 4.74. The molecular formula is C16H22NO2Y-. The minimum Gasteiger partial charge on any atom is -0.376 e. The van der Waals surface area contributed by atoms with Crippen molar-refractivity contribution in [1.29, 1.82) is 0 Å². The first-order chi connectivity index (χ1) is 9.26. The van der Waals surface area contributed by atoms with Crippen molar-refractivity contribution in [2.75, 3.05) is 0 Å². The molecule has 1 amide bonds. The van der Waals surface area contributed by atoms with Gasteiger partial charge in [-0.1, -0.05) is 44.2 Å². The van der Waals surface area contributed by atoms with Crippen LogP contribution in [0, 0.1) is 0 Å². The van der Waals surface area contributed by atoms with Gasteiger partial charge in [-0.15, -0.1) is 6.07 Å². The third kappa shape index (κ3) is 8.60.